The SMILES string of the molecule is Cc1[nH]nc2ncc(C(=O)N(Cc3ccccc3)C[C@H]3CCCO3)cc12. The molecule has 1 saturated heterocycles. The highest BCUT2D eigenvalue weighted by atomic mass is 16.5. The molecular formula is C20H22N4O2. The van der Waals surface area contributed by atoms with Crippen LogP contribution in [-0.4, -0.2) is 45.2 Å². The number of carbonyl (C=O) groups is 1. The first kappa shape index (κ1) is 16.7. The quantitative estimate of drug-likeness (QED) is 0.768. The van der Waals surface area contributed by atoms with Crippen LogP contribution in [0.5, 0.6) is 0 Å². The molecule has 6 nitrogen and oxygen atoms in total. The van der Waals surface area contributed by atoms with Crippen LogP contribution in [0, 0.1) is 6.92 Å². The summed E-state index contributed by atoms with van der Waals surface area (Å²) in [6.07, 6.45) is 3.77. The van der Waals surface area contributed by atoms with Crippen LogP contribution < -0.4 is 0 Å². The lowest BCUT2D eigenvalue weighted by Crippen LogP contribution is -2.37. The van der Waals surface area contributed by atoms with Crippen molar-refractivity contribution in [3.63, 3.8) is 0 Å². The molecule has 1 aromatic carbocycles. The van der Waals surface area contributed by atoms with Crippen LogP contribution in [-0.2, 0) is 11.3 Å². The van der Waals surface area contributed by atoms with E-state index >= 15 is 0 Å². The highest BCUT2D eigenvalue weighted by molar-refractivity contribution is 5.97. The number of nitrogens with zero attached hydrogens (tertiary/aromatic N) is 3. The molecule has 0 spiro atoms. The molecule has 1 amide bonds. The first-order valence-corrected chi connectivity index (χ1v) is 8.96. The van der Waals surface area contributed by atoms with Crippen molar-refractivity contribution in [1.29, 1.82) is 0 Å². The standard InChI is InChI=1S/C20H22N4O2/c1-14-18-10-16(11-21-19(18)23-22-14)20(25)24(13-17-8-5-9-26-17)12-15-6-3-2-4-7-15/h2-4,6-7,10-11,17H,5,8-9,12-13H2,1H3,(H,21,22,23)/t17-/m1/s1. The van der Waals surface area contributed by atoms with Gasteiger partial charge in [-0.2, -0.15) is 5.10 Å². The summed E-state index contributed by atoms with van der Waals surface area (Å²) in [5, 5.41) is 7.93. The Hall–Kier alpha value is -2.73. The predicted octanol–water partition coefficient (Wildman–Crippen LogP) is 3.09. The molecule has 1 N–H and O–H groups in total. The number of ether oxygens (including phenoxy) is 1. The number of pyridine rings is 1. The number of nitrogens with one attached hydrogen (secondary N) is 1. The number of carbonyl (C=O) groups excluding carboxylic acids is 1. The Morgan fingerprint density at radius 3 is 2.96 bits per heavy atom. The van der Waals surface area contributed by atoms with Gasteiger partial charge in [-0.1, -0.05) is 30.3 Å². The molecule has 2 aromatic heterocycles. The number of aromatic nitrogens is 3. The first-order valence-electron chi connectivity index (χ1n) is 8.96. The van der Waals surface area contributed by atoms with Crippen LogP contribution in [0.15, 0.2) is 42.6 Å². The van der Waals surface area contributed by atoms with Gasteiger partial charge in [0, 0.05) is 37.0 Å². The monoisotopic (exact) mass is 350 g/mol. The Bertz CT molecular complexity index is 901. The van der Waals surface area contributed by atoms with Crippen LogP contribution in [0.4, 0.5) is 0 Å². The molecule has 1 atom stereocenters. The van der Waals surface area contributed by atoms with Crippen molar-refractivity contribution in [2.24, 2.45) is 0 Å². The molecule has 3 heterocycles. The number of H-pyrrole nitrogens is 1. The smallest absolute Gasteiger partial charge is 0.255 e. The van der Waals surface area contributed by atoms with Gasteiger partial charge in [-0.3, -0.25) is 9.89 Å². The molecule has 0 unspecified atom stereocenters. The number of aromatic amines is 1. The molecule has 3 aromatic rings. The summed E-state index contributed by atoms with van der Waals surface area (Å²) < 4.78 is 5.76. The lowest BCUT2D eigenvalue weighted by atomic mass is 10.1. The molecule has 0 aliphatic carbocycles. The van der Waals surface area contributed by atoms with Gasteiger partial charge in [0.05, 0.1) is 11.7 Å². The number of rotatable bonds is 5. The van der Waals surface area contributed by atoms with E-state index in [1.807, 2.05) is 48.2 Å². The fourth-order valence-corrected chi connectivity index (χ4v) is 3.38. The van der Waals surface area contributed by atoms with Crippen LogP contribution in [0.2, 0.25) is 0 Å². The van der Waals surface area contributed by atoms with Crippen LogP contribution >= 0.6 is 0 Å². The number of benzene rings is 1. The Morgan fingerprint density at radius 1 is 1.35 bits per heavy atom. The summed E-state index contributed by atoms with van der Waals surface area (Å²) in [6, 6.07) is 11.9. The molecule has 1 fully saturated rings. The van der Waals surface area contributed by atoms with Crippen LogP contribution in [0.1, 0.15) is 34.5 Å². The predicted molar refractivity (Wildman–Crippen MR) is 98.8 cm³/mol. The van der Waals surface area contributed by atoms with E-state index in [9.17, 15) is 4.79 Å². The van der Waals surface area contributed by atoms with Crippen LogP contribution in [0.25, 0.3) is 11.0 Å². The maximum Gasteiger partial charge on any atom is 0.255 e. The largest absolute Gasteiger partial charge is 0.376 e. The summed E-state index contributed by atoms with van der Waals surface area (Å²) in [5.41, 5.74) is 3.23. The number of aryl methyl sites for hydroxylation is 1. The zero-order chi connectivity index (χ0) is 17.9. The van der Waals surface area contributed by atoms with E-state index in [4.69, 9.17) is 4.74 Å². The Labute approximate surface area is 152 Å². The third-order valence-corrected chi connectivity index (χ3v) is 4.80. The van der Waals surface area contributed by atoms with Crippen molar-refractivity contribution in [3.05, 3.63) is 59.4 Å². The van der Waals surface area contributed by atoms with Gasteiger partial charge in [-0.15, -0.1) is 0 Å². The Kier molecular flexibility index (Phi) is 4.67. The van der Waals surface area contributed by atoms with Crippen LogP contribution in [0.3, 0.4) is 0 Å². The zero-order valence-corrected chi connectivity index (χ0v) is 14.8. The highest BCUT2D eigenvalue weighted by Crippen LogP contribution is 2.19. The van der Waals surface area contributed by atoms with Gasteiger partial charge < -0.3 is 9.64 Å². The van der Waals surface area contributed by atoms with Gasteiger partial charge in [-0.05, 0) is 31.4 Å². The minimum atomic E-state index is -0.0284. The van der Waals surface area contributed by atoms with E-state index < -0.39 is 0 Å². The molecule has 134 valence electrons. The van der Waals surface area contributed by atoms with Gasteiger partial charge in [0.15, 0.2) is 5.65 Å². The molecular weight excluding hydrogens is 328 g/mol. The van der Waals surface area contributed by atoms with Crippen molar-refractivity contribution >= 4 is 16.9 Å². The van der Waals surface area contributed by atoms with Gasteiger partial charge >= 0.3 is 0 Å². The maximum atomic E-state index is 13.2. The van der Waals surface area contributed by atoms with Gasteiger partial charge in [0.2, 0.25) is 0 Å². The maximum absolute atomic E-state index is 13.2. The molecule has 0 radical (unpaired) electrons. The van der Waals surface area contributed by atoms with Gasteiger partial charge in [0.25, 0.3) is 5.91 Å². The summed E-state index contributed by atoms with van der Waals surface area (Å²) in [4.78, 5) is 19.4. The Morgan fingerprint density at radius 2 is 2.19 bits per heavy atom. The molecule has 6 heteroatoms. The van der Waals surface area contributed by atoms with E-state index in [0.717, 1.165) is 36.1 Å². The molecule has 26 heavy (non-hydrogen) atoms. The van der Waals surface area contributed by atoms with E-state index in [0.29, 0.717) is 24.3 Å². The third-order valence-electron chi connectivity index (χ3n) is 4.80. The molecule has 0 bridgehead atoms. The molecule has 4 rings (SSSR count). The second kappa shape index (κ2) is 7.25. The first-order chi connectivity index (χ1) is 12.7. The summed E-state index contributed by atoms with van der Waals surface area (Å²) in [6.45, 7) is 3.86. The molecule has 1 aliphatic rings. The fourth-order valence-electron chi connectivity index (χ4n) is 3.38. The Balaban J connectivity index is 1.61. The average molecular weight is 350 g/mol. The lowest BCUT2D eigenvalue weighted by Gasteiger charge is -2.25. The minimum Gasteiger partial charge on any atom is -0.376 e. The van der Waals surface area contributed by atoms with Gasteiger partial charge in [0.1, 0.15) is 0 Å². The fraction of sp³-hybridized carbons (Fsp3) is 0.350. The number of hydrogen-bond donors (Lipinski definition) is 1. The van der Waals surface area contributed by atoms with E-state index in [1.54, 1.807) is 6.20 Å². The number of amides is 1. The third kappa shape index (κ3) is 3.46. The normalized spacial score (nSPS) is 16.9. The van der Waals surface area contributed by atoms with Crippen molar-refractivity contribution in [1.82, 2.24) is 20.1 Å². The second-order valence-corrected chi connectivity index (χ2v) is 6.75. The van der Waals surface area contributed by atoms with Crippen molar-refractivity contribution in [2.75, 3.05) is 13.2 Å². The van der Waals surface area contributed by atoms with E-state index in [2.05, 4.69) is 15.2 Å². The average Bonchev–Trinajstić information content (AvgIpc) is 3.31. The van der Waals surface area contributed by atoms with Gasteiger partial charge in [-0.25, -0.2) is 4.98 Å². The second-order valence-electron chi connectivity index (χ2n) is 6.75. The highest BCUT2D eigenvalue weighted by Gasteiger charge is 2.24. The summed E-state index contributed by atoms with van der Waals surface area (Å²) >= 11 is 0. The minimum absolute atomic E-state index is 0.0284. The number of fused-ring (bicyclic) bond motifs is 1. The van der Waals surface area contributed by atoms with Crippen molar-refractivity contribution in [2.45, 2.75) is 32.4 Å². The lowest BCUT2D eigenvalue weighted by molar-refractivity contribution is 0.0507. The summed E-state index contributed by atoms with van der Waals surface area (Å²) in [5.74, 6) is -0.0284. The van der Waals surface area contributed by atoms with E-state index in [-0.39, 0.29) is 12.0 Å². The summed E-state index contributed by atoms with van der Waals surface area (Å²) in [7, 11) is 0. The molecule has 1 aliphatic heterocycles. The molecule has 0 saturated carbocycles. The zero-order valence-electron chi connectivity index (χ0n) is 14.8. The van der Waals surface area contributed by atoms with Crippen molar-refractivity contribution in [3.8, 4) is 0 Å². The van der Waals surface area contributed by atoms with E-state index in [1.165, 1.54) is 0 Å². The van der Waals surface area contributed by atoms with Crippen molar-refractivity contribution < 1.29 is 9.53 Å². The number of hydrogen-bond acceptors (Lipinski definition) is 4. The topological polar surface area (TPSA) is 71.1 Å².